The van der Waals surface area contributed by atoms with Crippen molar-refractivity contribution in [1.82, 2.24) is 0 Å². The van der Waals surface area contributed by atoms with Crippen LogP contribution in [-0.2, 0) is 19.0 Å². The van der Waals surface area contributed by atoms with Gasteiger partial charge in [-0.3, -0.25) is 0 Å². The summed E-state index contributed by atoms with van der Waals surface area (Å²) in [6.07, 6.45) is 4.30. The Labute approximate surface area is 88.9 Å². The van der Waals surface area contributed by atoms with Crippen molar-refractivity contribution in [2.75, 3.05) is 6.61 Å². The summed E-state index contributed by atoms with van der Waals surface area (Å²) >= 11 is 0. The number of epoxide rings is 1. The molecule has 4 nitrogen and oxygen atoms in total. The van der Waals surface area contributed by atoms with E-state index in [1.165, 1.54) is 0 Å². The van der Waals surface area contributed by atoms with E-state index in [9.17, 15) is 4.79 Å². The highest BCUT2D eigenvalue weighted by molar-refractivity contribution is 5.79. The molecule has 0 aromatic heterocycles. The lowest BCUT2D eigenvalue weighted by molar-refractivity contribution is -0.144. The number of fused-ring (bicyclic) bond motifs is 3. The molecule has 0 radical (unpaired) electrons. The first-order chi connectivity index (χ1) is 7.26. The molecular formula is C11H16O4. The van der Waals surface area contributed by atoms with E-state index in [1.54, 1.807) is 0 Å². The van der Waals surface area contributed by atoms with Crippen LogP contribution >= 0.6 is 0 Å². The molecule has 0 saturated carbocycles. The maximum absolute atomic E-state index is 11.6. The molecule has 0 amide bonds. The number of ether oxygens (including phenoxy) is 3. The summed E-state index contributed by atoms with van der Waals surface area (Å²) in [4.78, 5) is 11.6. The van der Waals surface area contributed by atoms with Crippen LogP contribution in [0.4, 0.5) is 0 Å². The van der Waals surface area contributed by atoms with Crippen molar-refractivity contribution in [3.63, 3.8) is 0 Å². The molecule has 3 aliphatic rings. The molecule has 0 aliphatic carbocycles. The number of rotatable bonds is 2. The number of carbonyl (C=O) groups is 1. The molecule has 0 N–H and O–H groups in total. The fraction of sp³-hybridized carbons (Fsp3) is 0.909. The molecule has 3 fully saturated rings. The van der Waals surface area contributed by atoms with Gasteiger partial charge in [-0.15, -0.1) is 0 Å². The van der Waals surface area contributed by atoms with E-state index in [0.29, 0.717) is 12.7 Å². The van der Waals surface area contributed by atoms with E-state index in [0.717, 1.165) is 25.7 Å². The fourth-order valence-electron chi connectivity index (χ4n) is 2.91. The van der Waals surface area contributed by atoms with Crippen LogP contribution in [0.15, 0.2) is 0 Å². The minimum Gasteiger partial charge on any atom is -0.464 e. The Morgan fingerprint density at radius 1 is 1.47 bits per heavy atom. The van der Waals surface area contributed by atoms with E-state index in [1.807, 2.05) is 6.92 Å². The zero-order chi connectivity index (χ0) is 10.5. The Morgan fingerprint density at radius 2 is 2.33 bits per heavy atom. The molecule has 4 atom stereocenters. The van der Waals surface area contributed by atoms with Gasteiger partial charge in [0.1, 0.15) is 5.60 Å². The Kier molecular flexibility index (Phi) is 2.04. The average molecular weight is 212 g/mol. The first-order valence-corrected chi connectivity index (χ1v) is 5.76. The normalized spacial score (nSPS) is 46.9. The third-order valence-corrected chi connectivity index (χ3v) is 3.73. The largest absolute Gasteiger partial charge is 0.464 e. The second-order valence-corrected chi connectivity index (χ2v) is 4.57. The topological polar surface area (TPSA) is 48.1 Å². The van der Waals surface area contributed by atoms with E-state index in [2.05, 4.69) is 0 Å². The lowest BCUT2D eigenvalue weighted by Crippen LogP contribution is -2.39. The highest BCUT2D eigenvalue weighted by Crippen LogP contribution is 2.53. The summed E-state index contributed by atoms with van der Waals surface area (Å²) in [7, 11) is 0. The Morgan fingerprint density at radius 3 is 3.13 bits per heavy atom. The van der Waals surface area contributed by atoms with Gasteiger partial charge in [0.15, 0.2) is 6.10 Å². The van der Waals surface area contributed by atoms with Crippen LogP contribution < -0.4 is 0 Å². The molecule has 84 valence electrons. The third-order valence-electron chi connectivity index (χ3n) is 3.73. The van der Waals surface area contributed by atoms with Crippen molar-refractivity contribution in [1.29, 1.82) is 0 Å². The molecule has 0 aromatic carbocycles. The van der Waals surface area contributed by atoms with Gasteiger partial charge in [-0.05, 0) is 32.6 Å². The van der Waals surface area contributed by atoms with Gasteiger partial charge in [-0.2, -0.15) is 0 Å². The van der Waals surface area contributed by atoms with Gasteiger partial charge in [0, 0.05) is 0 Å². The first-order valence-electron chi connectivity index (χ1n) is 5.76. The van der Waals surface area contributed by atoms with Crippen molar-refractivity contribution in [2.45, 2.75) is 56.5 Å². The summed E-state index contributed by atoms with van der Waals surface area (Å²) < 4.78 is 16.4. The first kappa shape index (κ1) is 9.60. The van der Waals surface area contributed by atoms with Crippen LogP contribution in [0.1, 0.15) is 32.6 Å². The molecular weight excluding hydrogens is 196 g/mol. The Bertz CT molecular complexity index is 290. The van der Waals surface area contributed by atoms with E-state index in [-0.39, 0.29) is 23.8 Å². The van der Waals surface area contributed by atoms with Gasteiger partial charge in [0.2, 0.25) is 0 Å². The molecule has 3 saturated heterocycles. The van der Waals surface area contributed by atoms with Gasteiger partial charge in [-0.25, -0.2) is 4.79 Å². The maximum atomic E-state index is 11.6. The summed E-state index contributed by atoms with van der Waals surface area (Å²) in [5.41, 5.74) is -0.320. The summed E-state index contributed by atoms with van der Waals surface area (Å²) in [5, 5.41) is 0. The van der Waals surface area contributed by atoms with Crippen LogP contribution in [0.2, 0.25) is 0 Å². The van der Waals surface area contributed by atoms with Crippen LogP contribution in [-0.4, -0.2) is 36.5 Å². The quantitative estimate of drug-likeness (QED) is 0.506. The van der Waals surface area contributed by atoms with Crippen molar-refractivity contribution < 1.29 is 19.0 Å². The zero-order valence-corrected chi connectivity index (χ0v) is 8.90. The predicted molar refractivity (Wildman–Crippen MR) is 51.4 cm³/mol. The van der Waals surface area contributed by atoms with Crippen molar-refractivity contribution in [3.8, 4) is 0 Å². The SMILES string of the molecule is CCOC(=O)C1OC12CCC1CCC2O1. The fourth-order valence-corrected chi connectivity index (χ4v) is 2.91. The smallest absolute Gasteiger partial charge is 0.338 e. The minimum atomic E-state index is -0.360. The van der Waals surface area contributed by atoms with Gasteiger partial charge in [0.05, 0.1) is 18.8 Å². The van der Waals surface area contributed by atoms with Gasteiger partial charge >= 0.3 is 5.97 Å². The number of hydrogen-bond donors (Lipinski definition) is 0. The van der Waals surface area contributed by atoms with Crippen LogP contribution in [0.3, 0.4) is 0 Å². The van der Waals surface area contributed by atoms with E-state index >= 15 is 0 Å². The highest BCUT2D eigenvalue weighted by atomic mass is 16.7. The number of carbonyl (C=O) groups excluding carboxylic acids is 1. The maximum Gasteiger partial charge on any atom is 0.338 e. The third kappa shape index (κ3) is 1.31. The summed E-state index contributed by atoms with van der Waals surface area (Å²) in [6.45, 7) is 2.23. The molecule has 3 heterocycles. The van der Waals surface area contributed by atoms with Crippen molar-refractivity contribution >= 4 is 5.97 Å². The average Bonchev–Trinajstić information content (AvgIpc) is 2.82. The highest BCUT2D eigenvalue weighted by Gasteiger charge is 2.69. The molecule has 3 aliphatic heterocycles. The van der Waals surface area contributed by atoms with E-state index < -0.39 is 0 Å². The lowest BCUT2D eigenvalue weighted by Gasteiger charge is -2.26. The minimum absolute atomic E-state index is 0.130. The zero-order valence-electron chi connectivity index (χ0n) is 8.90. The van der Waals surface area contributed by atoms with Crippen LogP contribution in [0.5, 0.6) is 0 Å². The Balaban J connectivity index is 1.70. The molecule has 15 heavy (non-hydrogen) atoms. The van der Waals surface area contributed by atoms with Crippen molar-refractivity contribution in [3.05, 3.63) is 0 Å². The predicted octanol–water partition coefficient (Wildman–Crippen LogP) is 1.03. The molecule has 1 spiro atoms. The molecule has 4 heteroatoms. The lowest BCUT2D eigenvalue weighted by atomic mass is 9.91. The second-order valence-electron chi connectivity index (χ2n) is 4.57. The monoisotopic (exact) mass is 212 g/mol. The number of hydrogen-bond acceptors (Lipinski definition) is 4. The summed E-state index contributed by atoms with van der Waals surface area (Å²) in [5.74, 6) is -0.216. The molecule has 3 rings (SSSR count). The number of esters is 1. The summed E-state index contributed by atoms with van der Waals surface area (Å²) in [6, 6.07) is 0. The molecule has 0 aromatic rings. The van der Waals surface area contributed by atoms with Crippen LogP contribution in [0.25, 0.3) is 0 Å². The van der Waals surface area contributed by atoms with E-state index in [4.69, 9.17) is 14.2 Å². The van der Waals surface area contributed by atoms with Gasteiger partial charge < -0.3 is 14.2 Å². The van der Waals surface area contributed by atoms with Crippen LogP contribution in [0, 0.1) is 0 Å². The van der Waals surface area contributed by atoms with Crippen molar-refractivity contribution in [2.24, 2.45) is 0 Å². The molecule has 4 unspecified atom stereocenters. The van der Waals surface area contributed by atoms with Gasteiger partial charge in [0.25, 0.3) is 0 Å². The molecule has 2 bridgehead atoms. The Hall–Kier alpha value is -0.610. The second kappa shape index (κ2) is 3.19. The van der Waals surface area contributed by atoms with Gasteiger partial charge in [-0.1, -0.05) is 0 Å². The standard InChI is InChI=1S/C11H16O4/c1-2-13-10(12)9-11(15-9)6-5-7-3-4-8(11)14-7/h7-9H,2-6H2,1H3.